The third-order valence-corrected chi connectivity index (χ3v) is 4.87. The van der Waals surface area contributed by atoms with Crippen LogP contribution < -0.4 is 15.0 Å². The number of halogens is 1. The molecule has 2 amide bonds. The number of nitrogens with zero attached hydrogens (tertiary/aromatic N) is 2. The van der Waals surface area contributed by atoms with Crippen molar-refractivity contribution >= 4 is 24.1 Å². The van der Waals surface area contributed by atoms with Crippen molar-refractivity contribution in [2.24, 2.45) is 0 Å². The molecule has 0 spiro atoms. The van der Waals surface area contributed by atoms with Crippen LogP contribution in [0.5, 0.6) is 5.75 Å². The summed E-state index contributed by atoms with van der Waals surface area (Å²) in [6, 6.07) is 16.0. The molecule has 0 radical (unpaired) electrons. The Morgan fingerprint density at radius 1 is 1.00 bits per heavy atom. The molecule has 27 heavy (non-hydrogen) atoms. The molecule has 1 aliphatic rings. The highest BCUT2D eigenvalue weighted by Gasteiger charge is 2.22. The predicted molar refractivity (Wildman–Crippen MR) is 112 cm³/mol. The van der Waals surface area contributed by atoms with E-state index in [1.807, 2.05) is 35.2 Å². The van der Waals surface area contributed by atoms with Gasteiger partial charge in [-0.25, -0.2) is 4.79 Å². The smallest absolute Gasteiger partial charge is 0.317 e. The second-order valence-electron chi connectivity index (χ2n) is 6.59. The van der Waals surface area contributed by atoms with Gasteiger partial charge in [-0.3, -0.25) is 0 Å². The SMILES string of the molecule is Cc1cccc(N2CCN(C(=O)NCCOc3ccccc3)CC2)c1C.Cl. The van der Waals surface area contributed by atoms with E-state index in [1.165, 1.54) is 16.8 Å². The van der Waals surface area contributed by atoms with E-state index in [9.17, 15) is 4.79 Å². The number of aryl methyl sites for hydroxylation is 1. The van der Waals surface area contributed by atoms with Gasteiger partial charge in [0.25, 0.3) is 0 Å². The summed E-state index contributed by atoms with van der Waals surface area (Å²) in [5.74, 6) is 0.823. The molecule has 1 fully saturated rings. The van der Waals surface area contributed by atoms with Crippen LogP contribution in [0.1, 0.15) is 11.1 Å². The number of rotatable bonds is 5. The lowest BCUT2D eigenvalue weighted by atomic mass is 10.1. The molecule has 2 aromatic rings. The summed E-state index contributed by atoms with van der Waals surface area (Å²) in [5, 5.41) is 2.94. The molecular weight excluding hydrogens is 362 g/mol. The summed E-state index contributed by atoms with van der Waals surface area (Å²) in [4.78, 5) is 16.6. The number of piperazine rings is 1. The van der Waals surface area contributed by atoms with Crippen LogP contribution in [0.3, 0.4) is 0 Å². The summed E-state index contributed by atoms with van der Waals surface area (Å²) in [6.07, 6.45) is 0. The van der Waals surface area contributed by atoms with Crippen LogP contribution in [-0.4, -0.2) is 50.3 Å². The zero-order valence-electron chi connectivity index (χ0n) is 16.0. The molecule has 0 aromatic heterocycles. The van der Waals surface area contributed by atoms with Crippen molar-refractivity contribution in [2.45, 2.75) is 13.8 Å². The minimum Gasteiger partial charge on any atom is -0.492 e. The summed E-state index contributed by atoms with van der Waals surface area (Å²) in [5.41, 5.74) is 3.91. The van der Waals surface area contributed by atoms with E-state index in [4.69, 9.17) is 4.74 Å². The number of hydrogen-bond donors (Lipinski definition) is 1. The van der Waals surface area contributed by atoms with Crippen LogP contribution in [-0.2, 0) is 0 Å². The van der Waals surface area contributed by atoms with Crippen LogP contribution >= 0.6 is 12.4 Å². The number of anilines is 1. The number of amides is 2. The topological polar surface area (TPSA) is 44.8 Å². The van der Waals surface area contributed by atoms with Crippen LogP contribution in [0.4, 0.5) is 10.5 Å². The number of nitrogens with one attached hydrogen (secondary N) is 1. The molecule has 1 heterocycles. The number of benzene rings is 2. The lowest BCUT2D eigenvalue weighted by Crippen LogP contribution is -2.52. The van der Waals surface area contributed by atoms with Crippen molar-refractivity contribution in [3.05, 3.63) is 59.7 Å². The van der Waals surface area contributed by atoms with Crippen molar-refractivity contribution in [3.8, 4) is 5.75 Å². The minimum absolute atomic E-state index is 0. The Morgan fingerprint density at radius 2 is 1.70 bits per heavy atom. The van der Waals surface area contributed by atoms with E-state index < -0.39 is 0 Å². The summed E-state index contributed by atoms with van der Waals surface area (Å²) in [6.45, 7) is 8.47. The average Bonchev–Trinajstić information content (AvgIpc) is 2.68. The van der Waals surface area contributed by atoms with Gasteiger partial charge in [-0.15, -0.1) is 12.4 Å². The fraction of sp³-hybridized carbons (Fsp3) is 0.381. The second-order valence-corrected chi connectivity index (χ2v) is 6.59. The van der Waals surface area contributed by atoms with Gasteiger partial charge in [0.05, 0.1) is 6.54 Å². The minimum atomic E-state index is -0.0118. The fourth-order valence-electron chi connectivity index (χ4n) is 3.18. The molecule has 0 unspecified atom stereocenters. The van der Waals surface area contributed by atoms with Crippen molar-refractivity contribution in [3.63, 3.8) is 0 Å². The Morgan fingerprint density at radius 3 is 2.41 bits per heavy atom. The maximum atomic E-state index is 12.3. The number of carbonyl (C=O) groups excluding carboxylic acids is 1. The molecule has 146 valence electrons. The number of urea groups is 1. The fourth-order valence-corrected chi connectivity index (χ4v) is 3.18. The van der Waals surface area contributed by atoms with Crippen molar-refractivity contribution in [2.75, 3.05) is 44.2 Å². The molecule has 0 atom stereocenters. The normalized spacial score (nSPS) is 13.7. The monoisotopic (exact) mass is 389 g/mol. The first-order valence-corrected chi connectivity index (χ1v) is 9.17. The van der Waals surface area contributed by atoms with E-state index in [1.54, 1.807) is 0 Å². The van der Waals surface area contributed by atoms with Crippen molar-refractivity contribution in [1.29, 1.82) is 0 Å². The van der Waals surface area contributed by atoms with E-state index in [0.717, 1.165) is 31.9 Å². The zero-order chi connectivity index (χ0) is 18.4. The van der Waals surface area contributed by atoms with Crippen LogP contribution in [0.15, 0.2) is 48.5 Å². The Hall–Kier alpha value is -2.40. The predicted octanol–water partition coefficient (Wildman–Crippen LogP) is 3.64. The molecule has 0 aliphatic carbocycles. The Balaban J connectivity index is 0.00000261. The van der Waals surface area contributed by atoms with Gasteiger partial charge in [0.1, 0.15) is 12.4 Å². The van der Waals surface area contributed by atoms with Gasteiger partial charge < -0.3 is 19.9 Å². The zero-order valence-corrected chi connectivity index (χ0v) is 16.8. The molecule has 1 saturated heterocycles. The first kappa shape index (κ1) is 20.9. The van der Waals surface area contributed by atoms with Gasteiger partial charge in [0.2, 0.25) is 0 Å². The van der Waals surface area contributed by atoms with E-state index >= 15 is 0 Å². The number of carbonyl (C=O) groups is 1. The molecule has 2 aromatic carbocycles. The van der Waals surface area contributed by atoms with Gasteiger partial charge in [-0.2, -0.15) is 0 Å². The Bertz CT molecular complexity index is 731. The van der Waals surface area contributed by atoms with Gasteiger partial charge >= 0.3 is 6.03 Å². The van der Waals surface area contributed by atoms with Gasteiger partial charge in [-0.1, -0.05) is 30.3 Å². The lowest BCUT2D eigenvalue weighted by molar-refractivity contribution is 0.191. The molecular formula is C21H28ClN3O2. The van der Waals surface area contributed by atoms with E-state index in [-0.39, 0.29) is 18.4 Å². The Labute approximate surface area is 167 Å². The maximum absolute atomic E-state index is 12.3. The van der Waals surface area contributed by atoms with Gasteiger partial charge in [0.15, 0.2) is 0 Å². The quantitative estimate of drug-likeness (QED) is 0.794. The second kappa shape index (κ2) is 10.1. The van der Waals surface area contributed by atoms with Crippen molar-refractivity contribution in [1.82, 2.24) is 10.2 Å². The lowest BCUT2D eigenvalue weighted by Gasteiger charge is -2.37. The summed E-state index contributed by atoms with van der Waals surface area (Å²) >= 11 is 0. The average molecular weight is 390 g/mol. The standard InChI is InChI=1S/C21H27N3O2.ClH/c1-17-7-6-10-20(18(17)2)23-12-14-24(15-13-23)21(25)22-11-16-26-19-8-4-3-5-9-19;/h3-10H,11-16H2,1-2H3,(H,22,25);1H. The maximum Gasteiger partial charge on any atom is 0.317 e. The highest BCUT2D eigenvalue weighted by atomic mass is 35.5. The van der Waals surface area contributed by atoms with E-state index in [2.05, 4.69) is 42.3 Å². The molecule has 5 nitrogen and oxygen atoms in total. The molecule has 6 heteroatoms. The van der Waals surface area contributed by atoms with Gasteiger partial charge in [0, 0.05) is 31.9 Å². The third-order valence-electron chi connectivity index (χ3n) is 4.87. The molecule has 1 aliphatic heterocycles. The third kappa shape index (κ3) is 5.54. The summed E-state index contributed by atoms with van der Waals surface area (Å²) in [7, 11) is 0. The van der Waals surface area contributed by atoms with Crippen LogP contribution in [0.2, 0.25) is 0 Å². The van der Waals surface area contributed by atoms with Crippen molar-refractivity contribution < 1.29 is 9.53 Å². The number of ether oxygens (including phenoxy) is 1. The van der Waals surface area contributed by atoms with Crippen LogP contribution in [0, 0.1) is 13.8 Å². The van der Waals surface area contributed by atoms with Crippen LogP contribution in [0.25, 0.3) is 0 Å². The summed E-state index contributed by atoms with van der Waals surface area (Å²) < 4.78 is 5.60. The first-order valence-electron chi connectivity index (χ1n) is 9.17. The highest BCUT2D eigenvalue weighted by Crippen LogP contribution is 2.23. The van der Waals surface area contributed by atoms with E-state index in [0.29, 0.717) is 13.2 Å². The Kier molecular flexibility index (Phi) is 7.80. The molecule has 3 rings (SSSR count). The first-order chi connectivity index (χ1) is 12.6. The molecule has 0 saturated carbocycles. The number of para-hydroxylation sites is 1. The highest BCUT2D eigenvalue weighted by molar-refractivity contribution is 5.85. The largest absolute Gasteiger partial charge is 0.492 e. The van der Waals surface area contributed by atoms with Gasteiger partial charge in [-0.05, 0) is 43.2 Å². The molecule has 1 N–H and O–H groups in total. The number of hydrogen-bond acceptors (Lipinski definition) is 3. The molecule has 0 bridgehead atoms.